The van der Waals surface area contributed by atoms with Gasteiger partial charge in [0, 0.05) is 20.6 Å². The minimum Gasteiger partial charge on any atom is -0.390 e. The van der Waals surface area contributed by atoms with Crippen molar-refractivity contribution < 1.29 is 10.2 Å². The molecule has 8 nitrogen and oxygen atoms in total. The van der Waals surface area contributed by atoms with E-state index >= 15 is 0 Å². The van der Waals surface area contributed by atoms with Gasteiger partial charge in [-0.3, -0.25) is 14.3 Å². The average Bonchev–Trinajstić information content (AvgIpc) is 2.88. The van der Waals surface area contributed by atoms with Crippen molar-refractivity contribution in [2.75, 3.05) is 30.1 Å². The quantitative estimate of drug-likeness (QED) is 0.575. The Morgan fingerprint density at radius 1 is 1.12 bits per heavy atom. The summed E-state index contributed by atoms with van der Waals surface area (Å²) in [4.78, 5) is 30.0. The first-order valence-electron chi connectivity index (χ1n) is 8.52. The molecule has 0 radical (unpaired) electrons. The van der Waals surface area contributed by atoms with Crippen molar-refractivity contribution in [1.82, 2.24) is 9.55 Å². The minimum absolute atomic E-state index is 0.352. The summed E-state index contributed by atoms with van der Waals surface area (Å²) in [6, 6.07) is 0. The summed E-state index contributed by atoms with van der Waals surface area (Å²) >= 11 is 0. The maximum Gasteiger partial charge on any atom is 0.329 e. The van der Waals surface area contributed by atoms with Gasteiger partial charge in [-0.2, -0.15) is 0 Å². The molecule has 3 N–H and O–H groups in total. The second-order valence-electron chi connectivity index (χ2n) is 6.49. The van der Waals surface area contributed by atoms with Crippen LogP contribution in [-0.2, 0) is 7.05 Å². The third-order valence-corrected chi connectivity index (χ3v) is 4.62. The van der Waals surface area contributed by atoms with Gasteiger partial charge in [-0.1, -0.05) is 19.8 Å². The van der Waals surface area contributed by atoms with E-state index in [0.717, 1.165) is 25.8 Å². The molecule has 0 aliphatic carbocycles. The molecule has 0 spiro atoms. The van der Waals surface area contributed by atoms with E-state index < -0.39 is 17.9 Å². The number of nitrogens with zero attached hydrogens (tertiary/aromatic N) is 3. The van der Waals surface area contributed by atoms with Crippen molar-refractivity contribution in [3.63, 3.8) is 0 Å². The van der Waals surface area contributed by atoms with Gasteiger partial charge in [0.15, 0.2) is 0 Å². The Kier molecular flexibility index (Phi) is 6.06. The monoisotopic (exact) mass is 340 g/mol. The SMILES string of the molecule is CCC(O)C(O)CCCCCN1CN(C)c2c1n(C)c(=O)[nH]c2=O. The van der Waals surface area contributed by atoms with Crippen LogP contribution in [0.25, 0.3) is 0 Å². The van der Waals surface area contributed by atoms with Crippen LogP contribution in [0.4, 0.5) is 11.5 Å². The summed E-state index contributed by atoms with van der Waals surface area (Å²) in [7, 11) is 3.49. The van der Waals surface area contributed by atoms with Gasteiger partial charge in [0.25, 0.3) is 5.56 Å². The van der Waals surface area contributed by atoms with Crippen LogP contribution in [0.2, 0.25) is 0 Å². The highest BCUT2D eigenvalue weighted by atomic mass is 16.3. The van der Waals surface area contributed by atoms with Crippen molar-refractivity contribution >= 4 is 11.5 Å². The van der Waals surface area contributed by atoms with E-state index in [-0.39, 0.29) is 5.56 Å². The fraction of sp³-hybridized carbons (Fsp3) is 0.750. The van der Waals surface area contributed by atoms with E-state index in [1.165, 1.54) is 4.57 Å². The number of hydrogen-bond acceptors (Lipinski definition) is 6. The number of fused-ring (bicyclic) bond motifs is 1. The molecular formula is C16H28N4O4. The van der Waals surface area contributed by atoms with Crippen molar-refractivity contribution in [3.8, 4) is 0 Å². The number of aliphatic hydroxyl groups is 2. The van der Waals surface area contributed by atoms with Gasteiger partial charge in [-0.05, 0) is 19.3 Å². The summed E-state index contributed by atoms with van der Waals surface area (Å²) in [5.41, 5.74) is -0.232. The number of rotatable bonds is 8. The number of nitrogens with one attached hydrogen (secondary N) is 1. The second kappa shape index (κ2) is 7.85. The third kappa shape index (κ3) is 3.81. The molecule has 1 aromatic heterocycles. The van der Waals surface area contributed by atoms with Gasteiger partial charge in [-0.15, -0.1) is 0 Å². The van der Waals surface area contributed by atoms with Gasteiger partial charge in [0.1, 0.15) is 11.5 Å². The number of aromatic nitrogens is 2. The lowest BCUT2D eigenvalue weighted by Gasteiger charge is -2.20. The largest absolute Gasteiger partial charge is 0.390 e. The van der Waals surface area contributed by atoms with Crippen LogP contribution >= 0.6 is 0 Å². The summed E-state index contributed by atoms with van der Waals surface area (Å²) in [6.07, 6.45) is 2.48. The molecule has 1 aromatic rings. The number of hydrogen-bond donors (Lipinski definition) is 3. The Morgan fingerprint density at radius 2 is 1.83 bits per heavy atom. The van der Waals surface area contributed by atoms with E-state index in [0.29, 0.717) is 31.0 Å². The predicted molar refractivity (Wildman–Crippen MR) is 93.7 cm³/mol. The van der Waals surface area contributed by atoms with E-state index in [4.69, 9.17) is 0 Å². The molecule has 0 amide bonds. The maximum absolute atomic E-state index is 12.0. The van der Waals surface area contributed by atoms with Crippen molar-refractivity contribution in [3.05, 3.63) is 20.8 Å². The van der Waals surface area contributed by atoms with Crippen LogP contribution in [0.15, 0.2) is 9.59 Å². The van der Waals surface area contributed by atoms with Crippen LogP contribution < -0.4 is 21.0 Å². The first-order valence-corrected chi connectivity index (χ1v) is 8.52. The van der Waals surface area contributed by atoms with Crippen molar-refractivity contribution in [1.29, 1.82) is 0 Å². The summed E-state index contributed by atoms with van der Waals surface area (Å²) in [5, 5.41) is 19.3. The normalized spacial score (nSPS) is 16.4. The zero-order valence-corrected chi connectivity index (χ0v) is 14.7. The second-order valence-corrected chi connectivity index (χ2v) is 6.49. The molecule has 1 aliphatic heterocycles. The molecule has 0 fully saturated rings. The van der Waals surface area contributed by atoms with Gasteiger partial charge in [-0.25, -0.2) is 4.79 Å². The highest BCUT2D eigenvalue weighted by Gasteiger charge is 2.29. The van der Waals surface area contributed by atoms with E-state index in [9.17, 15) is 19.8 Å². The van der Waals surface area contributed by atoms with Crippen molar-refractivity contribution in [2.24, 2.45) is 7.05 Å². The molecule has 0 saturated heterocycles. The van der Waals surface area contributed by atoms with Gasteiger partial charge in [0.05, 0.1) is 18.9 Å². The molecule has 2 rings (SSSR count). The zero-order chi connectivity index (χ0) is 17.9. The molecule has 2 heterocycles. The molecule has 0 aromatic carbocycles. The number of H-pyrrole nitrogens is 1. The Labute approximate surface area is 141 Å². The predicted octanol–water partition coefficient (Wildman–Crippen LogP) is -0.0205. The third-order valence-electron chi connectivity index (χ3n) is 4.62. The maximum atomic E-state index is 12.0. The van der Waals surface area contributed by atoms with Crippen LogP contribution in [-0.4, -0.2) is 52.2 Å². The Bertz CT molecular complexity index is 669. The lowest BCUT2D eigenvalue weighted by atomic mass is 10.0. The van der Waals surface area contributed by atoms with Gasteiger partial charge < -0.3 is 20.0 Å². The summed E-state index contributed by atoms with van der Waals surface area (Å²) < 4.78 is 1.47. The standard InChI is InChI=1S/C16H28N4O4/c1-4-11(21)12(22)8-6-5-7-9-20-10-18(2)13-14(23)17-16(24)19(3)15(13)20/h11-12,21-22H,4-10H2,1-3H3,(H,17,23,24). The lowest BCUT2D eigenvalue weighted by molar-refractivity contribution is 0.0114. The van der Waals surface area contributed by atoms with Gasteiger partial charge >= 0.3 is 5.69 Å². The first kappa shape index (κ1) is 18.5. The highest BCUT2D eigenvalue weighted by Crippen LogP contribution is 2.29. The van der Waals surface area contributed by atoms with Gasteiger partial charge in [0.2, 0.25) is 0 Å². The van der Waals surface area contributed by atoms with Crippen LogP contribution in [0, 0.1) is 0 Å². The molecule has 2 atom stereocenters. The number of unbranched alkanes of at least 4 members (excludes halogenated alkanes) is 2. The van der Waals surface area contributed by atoms with Crippen LogP contribution in [0.5, 0.6) is 0 Å². The minimum atomic E-state index is -0.659. The Balaban J connectivity index is 1.91. The summed E-state index contributed by atoms with van der Waals surface area (Å²) in [5.74, 6) is 0.660. The first-order chi connectivity index (χ1) is 11.4. The highest BCUT2D eigenvalue weighted by molar-refractivity contribution is 5.71. The van der Waals surface area contributed by atoms with E-state index in [1.807, 2.05) is 23.8 Å². The number of anilines is 2. The topological polar surface area (TPSA) is 102 Å². The number of aromatic amines is 1. The molecule has 0 bridgehead atoms. The van der Waals surface area contributed by atoms with Crippen LogP contribution in [0.3, 0.4) is 0 Å². The molecular weight excluding hydrogens is 312 g/mol. The Hall–Kier alpha value is -1.80. The molecule has 8 heteroatoms. The number of aliphatic hydroxyl groups excluding tert-OH is 2. The Morgan fingerprint density at radius 3 is 2.50 bits per heavy atom. The molecule has 0 saturated carbocycles. The van der Waals surface area contributed by atoms with E-state index in [1.54, 1.807) is 7.05 Å². The fourth-order valence-electron chi connectivity index (χ4n) is 3.17. The zero-order valence-electron chi connectivity index (χ0n) is 14.7. The smallest absolute Gasteiger partial charge is 0.329 e. The van der Waals surface area contributed by atoms with Crippen LogP contribution in [0.1, 0.15) is 39.0 Å². The molecule has 24 heavy (non-hydrogen) atoms. The van der Waals surface area contributed by atoms with Crippen molar-refractivity contribution in [2.45, 2.75) is 51.2 Å². The summed E-state index contributed by atoms with van der Waals surface area (Å²) in [6.45, 7) is 3.16. The molecule has 2 unspecified atom stereocenters. The fourth-order valence-corrected chi connectivity index (χ4v) is 3.17. The average molecular weight is 340 g/mol. The molecule has 136 valence electrons. The van der Waals surface area contributed by atoms with E-state index in [2.05, 4.69) is 4.98 Å². The lowest BCUT2D eigenvalue weighted by Crippen LogP contribution is -2.32. The molecule has 1 aliphatic rings.